The zero-order valence-corrected chi connectivity index (χ0v) is 9.69. The smallest absolute Gasteiger partial charge is 0.0205 e. The van der Waals surface area contributed by atoms with Crippen LogP contribution in [0.3, 0.4) is 0 Å². The van der Waals surface area contributed by atoms with Crippen LogP contribution in [0.4, 0.5) is 0 Å². The lowest BCUT2D eigenvalue weighted by molar-refractivity contribution is 0.514. The lowest BCUT2D eigenvalue weighted by Crippen LogP contribution is -2.00. The molecule has 0 aliphatic rings. The second-order valence-corrected chi connectivity index (χ2v) is 3.98. The van der Waals surface area contributed by atoms with E-state index in [1.165, 1.54) is 36.8 Å². The van der Waals surface area contributed by atoms with E-state index in [1.807, 2.05) is 0 Å². The van der Waals surface area contributed by atoms with E-state index in [0.29, 0.717) is 0 Å². The number of hydrogen-bond donors (Lipinski definition) is 0. The van der Waals surface area contributed by atoms with Crippen LogP contribution in [0.15, 0.2) is 23.8 Å². The molecule has 0 nitrogen and oxygen atoms in total. The van der Waals surface area contributed by atoms with Crippen LogP contribution in [-0.2, 0) is 0 Å². The lowest BCUT2D eigenvalue weighted by Gasteiger charge is -2.15. The van der Waals surface area contributed by atoms with Crippen LogP contribution < -0.4 is 0 Å². The van der Waals surface area contributed by atoms with Crippen molar-refractivity contribution in [2.75, 3.05) is 0 Å². The van der Waals surface area contributed by atoms with Crippen LogP contribution in [0.1, 0.15) is 53.4 Å². The molecule has 0 aromatic carbocycles. The minimum Gasteiger partial charge on any atom is -0.0961 e. The molecular formula is C13H24. The molecule has 0 aliphatic heterocycles. The van der Waals surface area contributed by atoms with Crippen molar-refractivity contribution in [3.63, 3.8) is 0 Å². The molecule has 0 saturated heterocycles. The Bertz CT molecular complexity index is 174. The van der Waals surface area contributed by atoms with Gasteiger partial charge in [0.05, 0.1) is 0 Å². The molecule has 0 spiro atoms. The summed E-state index contributed by atoms with van der Waals surface area (Å²) < 4.78 is 0. The highest BCUT2D eigenvalue weighted by Gasteiger charge is 2.06. The standard InChI is InChI=1S/C13H24/c1-6-8-9-13(7-2)12(5)10-11(3)4/h10,13H,3,6-9H2,1-2,4-5H3/b12-10+. The van der Waals surface area contributed by atoms with Gasteiger partial charge in [-0.2, -0.15) is 0 Å². The number of unbranched alkanes of at least 4 members (excludes halogenated alkanes) is 1. The third-order valence-electron chi connectivity index (χ3n) is 2.52. The molecule has 13 heavy (non-hydrogen) atoms. The molecule has 1 unspecified atom stereocenters. The van der Waals surface area contributed by atoms with Crippen molar-refractivity contribution in [1.29, 1.82) is 0 Å². The van der Waals surface area contributed by atoms with Gasteiger partial charge in [-0.1, -0.05) is 50.5 Å². The Hall–Kier alpha value is -0.520. The van der Waals surface area contributed by atoms with Crippen molar-refractivity contribution >= 4 is 0 Å². The van der Waals surface area contributed by atoms with Gasteiger partial charge in [-0.25, -0.2) is 0 Å². The van der Waals surface area contributed by atoms with Crippen molar-refractivity contribution in [2.45, 2.75) is 53.4 Å². The molecule has 0 bridgehead atoms. The Kier molecular flexibility index (Phi) is 6.66. The van der Waals surface area contributed by atoms with E-state index in [2.05, 4.69) is 40.3 Å². The van der Waals surface area contributed by atoms with Gasteiger partial charge in [-0.05, 0) is 32.6 Å². The molecule has 0 aromatic rings. The normalized spacial score (nSPS) is 14.3. The summed E-state index contributed by atoms with van der Waals surface area (Å²) >= 11 is 0. The van der Waals surface area contributed by atoms with Crippen LogP contribution in [0.5, 0.6) is 0 Å². The molecular weight excluding hydrogens is 156 g/mol. The van der Waals surface area contributed by atoms with Crippen LogP contribution in [-0.4, -0.2) is 0 Å². The molecule has 0 heterocycles. The number of rotatable bonds is 6. The minimum atomic E-state index is 0.775. The zero-order valence-electron chi connectivity index (χ0n) is 9.69. The third-order valence-corrected chi connectivity index (χ3v) is 2.52. The molecule has 1 atom stereocenters. The Balaban J connectivity index is 4.13. The highest BCUT2D eigenvalue weighted by molar-refractivity contribution is 5.18. The van der Waals surface area contributed by atoms with E-state index in [4.69, 9.17) is 0 Å². The van der Waals surface area contributed by atoms with Gasteiger partial charge >= 0.3 is 0 Å². The van der Waals surface area contributed by atoms with Gasteiger partial charge in [0.15, 0.2) is 0 Å². The number of allylic oxidation sites excluding steroid dienone is 3. The van der Waals surface area contributed by atoms with Crippen molar-refractivity contribution in [2.24, 2.45) is 5.92 Å². The van der Waals surface area contributed by atoms with Gasteiger partial charge in [-0.3, -0.25) is 0 Å². The van der Waals surface area contributed by atoms with Crippen molar-refractivity contribution in [3.8, 4) is 0 Å². The first-order chi connectivity index (χ1) is 6.11. The fourth-order valence-corrected chi connectivity index (χ4v) is 1.71. The predicted molar refractivity (Wildman–Crippen MR) is 61.9 cm³/mol. The highest BCUT2D eigenvalue weighted by atomic mass is 14.1. The predicted octanol–water partition coefficient (Wildman–Crippen LogP) is 4.73. The summed E-state index contributed by atoms with van der Waals surface area (Å²) in [7, 11) is 0. The highest BCUT2D eigenvalue weighted by Crippen LogP contribution is 2.22. The first-order valence-corrected chi connectivity index (χ1v) is 5.45. The summed E-state index contributed by atoms with van der Waals surface area (Å²) in [4.78, 5) is 0. The van der Waals surface area contributed by atoms with E-state index in [0.717, 1.165) is 5.92 Å². The molecule has 0 saturated carbocycles. The van der Waals surface area contributed by atoms with Crippen LogP contribution in [0, 0.1) is 5.92 Å². The summed E-state index contributed by atoms with van der Waals surface area (Å²) in [6, 6.07) is 0. The Morgan fingerprint density at radius 2 is 1.92 bits per heavy atom. The van der Waals surface area contributed by atoms with E-state index in [-0.39, 0.29) is 0 Å². The molecule has 0 N–H and O–H groups in total. The summed E-state index contributed by atoms with van der Waals surface area (Å²) in [5.41, 5.74) is 2.68. The summed E-state index contributed by atoms with van der Waals surface area (Å²) in [5.74, 6) is 0.775. The molecule has 0 aromatic heterocycles. The maximum Gasteiger partial charge on any atom is -0.0205 e. The first kappa shape index (κ1) is 12.5. The van der Waals surface area contributed by atoms with E-state index in [1.54, 1.807) is 0 Å². The maximum atomic E-state index is 3.92. The van der Waals surface area contributed by atoms with Crippen LogP contribution >= 0.6 is 0 Å². The lowest BCUT2D eigenvalue weighted by atomic mass is 9.91. The zero-order chi connectivity index (χ0) is 10.3. The average molecular weight is 180 g/mol. The third kappa shape index (κ3) is 5.68. The van der Waals surface area contributed by atoms with Gasteiger partial charge in [0.2, 0.25) is 0 Å². The largest absolute Gasteiger partial charge is 0.0961 e. The minimum absolute atomic E-state index is 0.775. The van der Waals surface area contributed by atoms with Gasteiger partial charge in [0.25, 0.3) is 0 Å². The van der Waals surface area contributed by atoms with Crippen molar-refractivity contribution in [3.05, 3.63) is 23.8 Å². The fraction of sp³-hybridized carbons (Fsp3) is 0.692. The molecule has 0 radical (unpaired) electrons. The molecule has 0 fully saturated rings. The molecule has 0 heteroatoms. The summed E-state index contributed by atoms with van der Waals surface area (Å²) in [6.07, 6.45) is 7.47. The second-order valence-electron chi connectivity index (χ2n) is 3.98. The van der Waals surface area contributed by atoms with Gasteiger partial charge in [-0.15, -0.1) is 0 Å². The second kappa shape index (κ2) is 6.94. The van der Waals surface area contributed by atoms with E-state index >= 15 is 0 Å². The van der Waals surface area contributed by atoms with Crippen molar-refractivity contribution < 1.29 is 0 Å². The maximum absolute atomic E-state index is 3.92. The summed E-state index contributed by atoms with van der Waals surface area (Å²) in [6.45, 7) is 12.7. The topological polar surface area (TPSA) is 0 Å². The molecule has 0 rings (SSSR count). The van der Waals surface area contributed by atoms with Crippen LogP contribution in [0.2, 0.25) is 0 Å². The molecule has 0 amide bonds. The molecule has 76 valence electrons. The monoisotopic (exact) mass is 180 g/mol. The molecule has 0 aliphatic carbocycles. The van der Waals surface area contributed by atoms with Crippen LogP contribution in [0.25, 0.3) is 0 Å². The number of hydrogen-bond acceptors (Lipinski definition) is 0. The fourth-order valence-electron chi connectivity index (χ4n) is 1.71. The average Bonchev–Trinajstić information content (AvgIpc) is 2.04. The van der Waals surface area contributed by atoms with Gasteiger partial charge < -0.3 is 0 Å². The quantitative estimate of drug-likeness (QED) is 0.519. The Labute approximate surface area is 83.7 Å². The van der Waals surface area contributed by atoms with Crippen molar-refractivity contribution in [1.82, 2.24) is 0 Å². The SMILES string of the molecule is C=C(C)/C=C(\C)C(CC)CCCC. The Morgan fingerprint density at radius 3 is 2.31 bits per heavy atom. The van der Waals surface area contributed by atoms with E-state index < -0.39 is 0 Å². The Morgan fingerprint density at radius 1 is 1.31 bits per heavy atom. The van der Waals surface area contributed by atoms with Gasteiger partial charge in [0.1, 0.15) is 0 Å². The van der Waals surface area contributed by atoms with E-state index in [9.17, 15) is 0 Å². The summed E-state index contributed by atoms with van der Waals surface area (Å²) in [5, 5.41) is 0. The van der Waals surface area contributed by atoms with Gasteiger partial charge in [0, 0.05) is 0 Å². The first-order valence-electron chi connectivity index (χ1n) is 5.45.